The van der Waals surface area contributed by atoms with E-state index in [2.05, 4.69) is 4.98 Å². The lowest BCUT2D eigenvalue weighted by Gasteiger charge is -1.90. The molecule has 78 valence electrons. The Morgan fingerprint density at radius 2 is 2.40 bits per heavy atom. The van der Waals surface area contributed by atoms with Crippen molar-refractivity contribution in [3.05, 3.63) is 27.4 Å². The van der Waals surface area contributed by atoms with Gasteiger partial charge in [0.1, 0.15) is 0 Å². The van der Waals surface area contributed by atoms with E-state index in [9.17, 15) is 4.79 Å². The summed E-state index contributed by atoms with van der Waals surface area (Å²) in [5.41, 5.74) is 0.906. The van der Waals surface area contributed by atoms with Crippen LogP contribution in [-0.2, 0) is 0 Å². The maximum absolute atomic E-state index is 11.4. The zero-order valence-corrected chi connectivity index (χ0v) is 10.4. The molecule has 0 saturated heterocycles. The molecule has 0 bridgehead atoms. The van der Waals surface area contributed by atoms with Gasteiger partial charge >= 0.3 is 0 Å². The molecule has 2 aromatic rings. The summed E-state index contributed by atoms with van der Waals surface area (Å²) in [6.45, 7) is 1.97. The Morgan fingerprint density at radius 3 is 3.00 bits per heavy atom. The van der Waals surface area contributed by atoms with Crippen LogP contribution in [0.5, 0.6) is 0 Å². The molecule has 2 heterocycles. The Bertz CT molecular complexity index is 476. The molecule has 2 rings (SSSR count). The number of aromatic nitrogens is 1. The lowest BCUT2D eigenvalue weighted by atomic mass is 10.3. The van der Waals surface area contributed by atoms with Gasteiger partial charge in [-0.1, -0.05) is 6.07 Å². The van der Waals surface area contributed by atoms with Gasteiger partial charge in [-0.2, -0.15) is 0 Å². The number of thiazole rings is 1. The fourth-order valence-electron chi connectivity index (χ4n) is 1.21. The van der Waals surface area contributed by atoms with Crippen molar-refractivity contribution >= 4 is 40.1 Å². The largest absolute Gasteiger partial charge is 0.290 e. The number of aryl methyl sites for hydroxylation is 1. The van der Waals surface area contributed by atoms with Crippen molar-refractivity contribution in [2.24, 2.45) is 0 Å². The van der Waals surface area contributed by atoms with Crippen LogP contribution in [0.25, 0.3) is 10.6 Å². The second-order valence-corrected chi connectivity index (χ2v) is 5.38. The average molecular weight is 258 g/mol. The summed E-state index contributed by atoms with van der Waals surface area (Å²) in [6, 6.07) is 3.98. The smallest absolute Gasteiger partial charge is 0.206 e. The van der Waals surface area contributed by atoms with E-state index >= 15 is 0 Å². The van der Waals surface area contributed by atoms with Crippen LogP contribution >= 0.6 is 34.3 Å². The molecule has 0 N–H and O–H groups in total. The first-order chi connectivity index (χ1) is 7.22. The van der Waals surface area contributed by atoms with Gasteiger partial charge in [0.2, 0.25) is 5.78 Å². The number of alkyl halides is 1. The van der Waals surface area contributed by atoms with Crippen molar-refractivity contribution < 1.29 is 4.79 Å². The SMILES string of the molecule is Cc1sc(C(=O)CCl)nc1-c1cccs1. The molecule has 0 saturated carbocycles. The number of Topliss-reactive ketones (excluding diaryl/α,β-unsaturated/α-hetero) is 1. The molecule has 0 aromatic carbocycles. The Balaban J connectivity index is 2.42. The molecule has 0 radical (unpaired) electrons. The third-order valence-corrected chi connectivity index (χ3v) is 4.04. The first-order valence-corrected chi connectivity index (χ1v) is 6.56. The second kappa shape index (κ2) is 4.43. The lowest BCUT2D eigenvalue weighted by molar-refractivity contribution is 0.102. The van der Waals surface area contributed by atoms with Crippen molar-refractivity contribution in [2.75, 3.05) is 5.88 Å². The topological polar surface area (TPSA) is 30.0 Å². The number of hydrogen-bond donors (Lipinski definition) is 0. The summed E-state index contributed by atoms with van der Waals surface area (Å²) in [6.07, 6.45) is 0. The minimum atomic E-state index is -0.104. The third-order valence-electron chi connectivity index (χ3n) is 1.91. The number of thiophene rings is 1. The number of hydrogen-bond acceptors (Lipinski definition) is 4. The zero-order chi connectivity index (χ0) is 10.8. The number of ketones is 1. The highest BCUT2D eigenvalue weighted by Crippen LogP contribution is 2.30. The summed E-state index contributed by atoms with van der Waals surface area (Å²) in [5, 5.41) is 2.50. The number of halogens is 1. The molecule has 5 heteroatoms. The summed E-state index contributed by atoms with van der Waals surface area (Å²) < 4.78 is 0. The van der Waals surface area contributed by atoms with Gasteiger partial charge in [-0.05, 0) is 18.4 Å². The standard InChI is InChI=1S/C10H8ClNOS2/c1-6-9(8-3-2-4-14-8)12-10(15-6)7(13)5-11/h2-4H,5H2,1H3. The van der Waals surface area contributed by atoms with Crippen LogP contribution in [-0.4, -0.2) is 16.6 Å². The molecular formula is C10H8ClNOS2. The molecule has 2 aromatic heterocycles. The monoisotopic (exact) mass is 257 g/mol. The van der Waals surface area contributed by atoms with Crippen LogP contribution in [0.4, 0.5) is 0 Å². The minimum absolute atomic E-state index is 0.00314. The highest BCUT2D eigenvalue weighted by atomic mass is 35.5. The molecule has 2 nitrogen and oxygen atoms in total. The fraction of sp³-hybridized carbons (Fsp3) is 0.200. The molecule has 15 heavy (non-hydrogen) atoms. The van der Waals surface area contributed by atoms with E-state index in [1.807, 2.05) is 24.4 Å². The van der Waals surface area contributed by atoms with E-state index < -0.39 is 0 Å². The Labute approximate surface area is 101 Å². The normalized spacial score (nSPS) is 10.5. The van der Waals surface area contributed by atoms with Crippen LogP contribution in [0.1, 0.15) is 14.7 Å². The predicted molar refractivity (Wildman–Crippen MR) is 65.2 cm³/mol. The Kier molecular flexibility index (Phi) is 3.19. The van der Waals surface area contributed by atoms with Gasteiger partial charge in [0.25, 0.3) is 0 Å². The number of rotatable bonds is 3. The van der Waals surface area contributed by atoms with Crippen LogP contribution < -0.4 is 0 Å². The first kappa shape index (κ1) is 10.8. The molecule has 0 atom stereocenters. The van der Waals surface area contributed by atoms with Crippen molar-refractivity contribution in [3.8, 4) is 10.6 Å². The predicted octanol–water partition coefficient (Wildman–Crippen LogP) is 3.60. The third kappa shape index (κ3) is 2.12. The molecule has 0 aliphatic carbocycles. The summed E-state index contributed by atoms with van der Waals surface area (Å²) >= 11 is 8.52. The Morgan fingerprint density at radius 1 is 1.60 bits per heavy atom. The van der Waals surface area contributed by atoms with E-state index in [-0.39, 0.29) is 11.7 Å². The van der Waals surface area contributed by atoms with Crippen LogP contribution in [0.15, 0.2) is 17.5 Å². The number of nitrogens with zero attached hydrogens (tertiary/aromatic N) is 1. The maximum atomic E-state index is 11.4. The summed E-state index contributed by atoms with van der Waals surface area (Å²) in [4.78, 5) is 17.8. The van der Waals surface area contributed by atoms with Gasteiger partial charge < -0.3 is 0 Å². The highest BCUT2D eigenvalue weighted by Gasteiger charge is 2.14. The van der Waals surface area contributed by atoms with Gasteiger partial charge in [0, 0.05) is 4.88 Å². The van der Waals surface area contributed by atoms with Crippen molar-refractivity contribution in [1.82, 2.24) is 4.98 Å². The second-order valence-electron chi connectivity index (χ2n) is 2.96. The van der Waals surface area contributed by atoms with E-state index in [4.69, 9.17) is 11.6 Å². The molecule has 0 amide bonds. The van der Waals surface area contributed by atoms with E-state index in [1.54, 1.807) is 11.3 Å². The van der Waals surface area contributed by atoms with Gasteiger partial charge in [-0.3, -0.25) is 4.79 Å². The lowest BCUT2D eigenvalue weighted by Crippen LogP contribution is -1.98. The first-order valence-electron chi connectivity index (χ1n) is 4.33. The number of carbonyl (C=O) groups is 1. The zero-order valence-electron chi connectivity index (χ0n) is 7.99. The van der Waals surface area contributed by atoms with E-state index in [0.717, 1.165) is 15.4 Å². The number of carbonyl (C=O) groups excluding carboxylic acids is 1. The van der Waals surface area contributed by atoms with Crippen molar-refractivity contribution in [2.45, 2.75) is 6.92 Å². The van der Waals surface area contributed by atoms with Gasteiger partial charge in [0.05, 0.1) is 16.5 Å². The highest BCUT2D eigenvalue weighted by molar-refractivity contribution is 7.16. The summed E-state index contributed by atoms with van der Waals surface area (Å²) in [7, 11) is 0. The van der Waals surface area contributed by atoms with Crippen molar-refractivity contribution in [3.63, 3.8) is 0 Å². The molecule has 0 unspecified atom stereocenters. The molecule has 0 aliphatic heterocycles. The fourth-order valence-corrected chi connectivity index (χ4v) is 3.12. The van der Waals surface area contributed by atoms with Crippen molar-refractivity contribution in [1.29, 1.82) is 0 Å². The van der Waals surface area contributed by atoms with Gasteiger partial charge in [0.15, 0.2) is 5.01 Å². The average Bonchev–Trinajstić information content (AvgIpc) is 2.84. The van der Waals surface area contributed by atoms with Gasteiger partial charge in [-0.25, -0.2) is 4.98 Å². The van der Waals surface area contributed by atoms with Crippen LogP contribution in [0, 0.1) is 6.92 Å². The molecular weight excluding hydrogens is 250 g/mol. The van der Waals surface area contributed by atoms with Crippen LogP contribution in [0.3, 0.4) is 0 Å². The quantitative estimate of drug-likeness (QED) is 0.621. The minimum Gasteiger partial charge on any atom is -0.290 e. The van der Waals surface area contributed by atoms with E-state index in [0.29, 0.717) is 5.01 Å². The maximum Gasteiger partial charge on any atom is 0.206 e. The van der Waals surface area contributed by atoms with E-state index in [1.165, 1.54) is 11.3 Å². The van der Waals surface area contributed by atoms with Crippen LogP contribution in [0.2, 0.25) is 0 Å². The summed E-state index contributed by atoms with van der Waals surface area (Å²) in [5.74, 6) is -0.107. The molecule has 0 spiro atoms. The molecule has 0 fully saturated rings. The van der Waals surface area contributed by atoms with Gasteiger partial charge in [-0.15, -0.1) is 34.3 Å². The molecule has 0 aliphatic rings. The Hall–Kier alpha value is -0.710.